The third-order valence-corrected chi connectivity index (χ3v) is 11.9. The zero-order chi connectivity index (χ0) is 41.2. The van der Waals surface area contributed by atoms with Crippen LogP contribution < -0.4 is 5.73 Å². The summed E-state index contributed by atoms with van der Waals surface area (Å²) in [6.07, 6.45) is 0. The quantitative estimate of drug-likeness (QED) is 0.121. The predicted octanol–water partition coefficient (Wildman–Crippen LogP) is 11.8. The molecular weight excluding hydrogens is 743 g/mol. The molecule has 8 aromatic rings. The highest BCUT2D eigenvalue weighted by Crippen LogP contribution is 2.62. The Kier molecular flexibility index (Phi) is 9.91. The van der Waals surface area contributed by atoms with Crippen LogP contribution in [0.1, 0.15) is 62.6 Å². The van der Waals surface area contributed by atoms with Crippen molar-refractivity contribution in [2.24, 2.45) is 25.7 Å². The lowest BCUT2D eigenvalue weighted by atomic mass is 9.70. The number of aliphatic imine (C=N–C) groups is 4. The Morgan fingerprint density at radius 1 is 0.393 bits per heavy atom. The smallest absolute Gasteiger partial charge is 0.157 e. The number of nitrogens with zero attached hydrogens (tertiary/aromatic N) is 4. The molecule has 0 unspecified atom stereocenters. The maximum absolute atomic E-state index is 6.58. The minimum absolute atomic E-state index is 0.419. The number of hydrogen-bond donors (Lipinski definition) is 1. The molecule has 2 aliphatic rings. The molecule has 2 aliphatic carbocycles. The van der Waals surface area contributed by atoms with Crippen molar-refractivity contribution in [1.82, 2.24) is 0 Å². The Hall–Kier alpha value is -7.76. The molecule has 10 rings (SSSR count). The summed E-state index contributed by atoms with van der Waals surface area (Å²) >= 11 is 0. The van der Waals surface area contributed by atoms with Gasteiger partial charge in [-0.15, -0.1) is 0 Å². The van der Waals surface area contributed by atoms with E-state index < -0.39 is 5.41 Å². The lowest BCUT2D eigenvalue weighted by Crippen LogP contribution is -2.25. The minimum atomic E-state index is -0.494. The zero-order valence-corrected chi connectivity index (χ0v) is 33.9. The largest absolute Gasteiger partial charge is 0.383 e. The van der Waals surface area contributed by atoms with Crippen molar-refractivity contribution in [2.45, 2.75) is 25.4 Å². The van der Waals surface area contributed by atoms with Gasteiger partial charge >= 0.3 is 0 Å². The molecule has 0 radical (unpaired) electrons. The van der Waals surface area contributed by atoms with Gasteiger partial charge in [0.2, 0.25) is 0 Å². The maximum Gasteiger partial charge on any atom is 0.157 e. The first-order valence-corrected chi connectivity index (χ1v) is 20.7. The highest BCUT2D eigenvalue weighted by molar-refractivity contribution is 6.13. The molecule has 0 amide bonds. The van der Waals surface area contributed by atoms with Crippen LogP contribution in [0.2, 0.25) is 0 Å². The van der Waals surface area contributed by atoms with Crippen LogP contribution >= 0.6 is 0 Å². The van der Waals surface area contributed by atoms with Gasteiger partial charge in [0.05, 0.1) is 18.5 Å². The summed E-state index contributed by atoms with van der Waals surface area (Å²) in [5.74, 6) is 1.71. The van der Waals surface area contributed by atoms with Gasteiger partial charge in [-0.05, 0) is 80.3 Å². The first-order valence-electron chi connectivity index (χ1n) is 20.7. The highest BCUT2D eigenvalue weighted by Gasteiger charge is 2.51. The second kappa shape index (κ2) is 16.1. The number of benzene rings is 8. The Morgan fingerprint density at radius 2 is 0.852 bits per heavy atom. The Balaban J connectivity index is 1.14. The van der Waals surface area contributed by atoms with Gasteiger partial charge in [-0.1, -0.05) is 194 Å². The van der Waals surface area contributed by atoms with E-state index in [0.29, 0.717) is 30.6 Å². The Labute approximate surface area is 357 Å². The number of nitrogens with two attached hydrogens (primary N) is 1. The molecule has 292 valence electrons. The summed E-state index contributed by atoms with van der Waals surface area (Å²) in [4.78, 5) is 20.5. The summed E-state index contributed by atoms with van der Waals surface area (Å²) in [6.45, 7) is 3.00. The molecule has 5 heteroatoms. The van der Waals surface area contributed by atoms with Crippen LogP contribution in [0.4, 0.5) is 0 Å². The van der Waals surface area contributed by atoms with E-state index in [2.05, 4.69) is 128 Å². The fourth-order valence-corrected chi connectivity index (χ4v) is 9.01. The number of hydrogen-bond acceptors (Lipinski definition) is 2. The third kappa shape index (κ3) is 6.90. The SMILES string of the molecule is CC(=NC(=NCc1ccccc1)c1ccc2c(c1)-c1cc(CN=C(N=C(N)c3ccccc3)c3ccccc3)ccc1C21c2ccccc2-c2ccccc21)c1ccccc1. The summed E-state index contributed by atoms with van der Waals surface area (Å²) in [6, 6.07) is 72.1. The van der Waals surface area contributed by atoms with E-state index in [1.54, 1.807) is 0 Å². The molecule has 0 bridgehead atoms. The van der Waals surface area contributed by atoms with E-state index in [1.165, 1.54) is 44.5 Å². The van der Waals surface area contributed by atoms with Crippen LogP contribution in [0.25, 0.3) is 22.3 Å². The number of amidine groups is 3. The van der Waals surface area contributed by atoms with Crippen molar-refractivity contribution in [3.8, 4) is 22.3 Å². The van der Waals surface area contributed by atoms with Crippen LogP contribution in [0.15, 0.2) is 226 Å². The predicted molar refractivity (Wildman–Crippen MR) is 252 cm³/mol. The lowest BCUT2D eigenvalue weighted by molar-refractivity contribution is 0.793. The highest BCUT2D eigenvalue weighted by atomic mass is 15.0. The Bertz CT molecular complexity index is 2970. The monoisotopic (exact) mass is 785 g/mol. The van der Waals surface area contributed by atoms with Gasteiger partial charge < -0.3 is 5.73 Å². The van der Waals surface area contributed by atoms with E-state index in [-0.39, 0.29) is 0 Å². The first-order chi connectivity index (χ1) is 30.1. The van der Waals surface area contributed by atoms with Crippen LogP contribution in [0, 0.1) is 0 Å². The fraction of sp³-hybridized carbons (Fsp3) is 0.0714. The molecule has 1 spiro atoms. The molecule has 0 fully saturated rings. The van der Waals surface area contributed by atoms with Crippen molar-refractivity contribution in [3.05, 3.63) is 262 Å². The van der Waals surface area contributed by atoms with Crippen LogP contribution in [0.5, 0.6) is 0 Å². The normalized spacial score (nSPS) is 14.0. The molecule has 0 aromatic heterocycles. The number of fused-ring (bicyclic) bond motifs is 10. The molecule has 5 nitrogen and oxygen atoms in total. The molecule has 2 N–H and O–H groups in total. The van der Waals surface area contributed by atoms with E-state index in [9.17, 15) is 0 Å². The van der Waals surface area contributed by atoms with Crippen molar-refractivity contribution in [1.29, 1.82) is 0 Å². The van der Waals surface area contributed by atoms with E-state index in [4.69, 9.17) is 25.7 Å². The standard InChI is InChI=1S/C56H43N5/c1-38(41-20-8-3-9-21-41)60-55(58-36-39-18-6-2-7-19-39)44-31-33-52-48(35-44)47-34-40(37-59-54(43-24-12-5-13-25-43)61-53(57)42-22-10-4-11-23-42)30-32-51(47)56(52)49-28-16-14-26-45(49)46-27-15-17-29-50(46)56/h2-35H,36-37H2,1H3,(H2,57,59,61). The van der Waals surface area contributed by atoms with Crippen molar-refractivity contribution >= 4 is 23.2 Å². The van der Waals surface area contributed by atoms with E-state index in [1.807, 2.05) is 84.9 Å². The van der Waals surface area contributed by atoms with Gasteiger partial charge in [0, 0.05) is 22.4 Å². The lowest BCUT2D eigenvalue weighted by Gasteiger charge is -2.30. The van der Waals surface area contributed by atoms with Crippen LogP contribution in [-0.4, -0.2) is 23.2 Å². The average Bonchev–Trinajstić information content (AvgIpc) is 3.79. The van der Waals surface area contributed by atoms with Crippen LogP contribution in [0.3, 0.4) is 0 Å². The van der Waals surface area contributed by atoms with E-state index >= 15 is 0 Å². The van der Waals surface area contributed by atoms with Gasteiger partial charge in [-0.25, -0.2) is 9.98 Å². The van der Waals surface area contributed by atoms with Crippen LogP contribution in [-0.2, 0) is 18.5 Å². The van der Waals surface area contributed by atoms with E-state index in [0.717, 1.165) is 39.1 Å². The van der Waals surface area contributed by atoms with Gasteiger partial charge in [-0.3, -0.25) is 9.98 Å². The molecule has 61 heavy (non-hydrogen) atoms. The fourth-order valence-electron chi connectivity index (χ4n) is 9.01. The zero-order valence-electron chi connectivity index (χ0n) is 33.9. The van der Waals surface area contributed by atoms with Gasteiger partial charge in [0.25, 0.3) is 0 Å². The van der Waals surface area contributed by atoms with Gasteiger partial charge in [0.15, 0.2) is 11.7 Å². The molecule has 0 atom stereocenters. The van der Waals surface area contributed by atoms with Crippen molar-refractivity contribution in [3.63, 3.8) is 0 Å². The summed E-state index contributed by atoms with van der Waals surface area (Å²) < 4.78 is 0. The Morgan fingerprint density at radius 3 is 1.48 bits per heavy atom. The van der Waals surface area contributed by atoms with Crippen molar-refractivity contribution < 1.29 is 0 Å². The summed E-state index contributed by atoms with van der Waals surface area (Å²) in [5, 5.41) is 0. The molecule has 0 aliphatic heterocycles. The molecule has 0 heterocycles. The summed E-state index contributed by atoms with van der Waals surface area (Å²) in [5.41, 5.74) is 23.0. The van der Waals surface area contributed by atoms with Gasteiger partial charge in [-0.2, -0.15) is 0 Å². The first kappa shape index (κ1) is 37.5. The van der Waals surface area contributed by atoms with Gasteiger partial charge in [0.1, 0.15) is 5.84 Å². The minimum Gasteiger partial charge on any atom is -0.383 e. The molecule has 0 saturated carbocycles. The molecular formula is C56H43N5. The molecule has 0 saturated heterocycles. The summed E-state index contributed by atoms with van der Waals surface area (Å²) in [7, 11) is 0. The molecule has 8 aromatic carbocycles. The third-order valence-electron chi connectivity index (χ3n) is 11.9. The number of rotatable bonds is 8. The second-order valence-corrected chi connectivity index (χ2v) is 15.5. The van der Waals surface area contributed by atoms with Crippen molar-refractivity contribution in [2.75, 3.05) is 0 Å². The average molecular weight is 786 g/mol. The topological polar surface area (TPSA) is 75.5 Å². The maximum atomic E-state index is 6.58. The second-order valence-electron chi connectivity index (χ2n) is 15.5.